The summed E-state index contributed by atoms with van der Waals surface area (Å²) >= 11 is 3.32. The zero-order chi connectivity index (χ0) is 16.2. The number of unbranched alkanes of at least 4 members (excludes halogenated alkanes) is 6. The molecule has 1 rings (SSSR count). The lowest BCUT2D eigenvalue weighted by atomic mass is 10.1. The van der Waals surface area contributed by atoms with E-state index in [1.54, 1.807) is 18.2 Å². The fourth-order valence-corrected chi connectivity index (χ4v) is 2.48. The van der Waals surface area contributed by atoms with Crippen LogP contribution >= 0.6 is 15.9 Å². The normalized spacial score (nSPS) is 11.0. The van der Waals surface area contributed by atoms with Crippen LogP contribution in [0.1, 0.15) is 63.9 Å². The molecule has 0 fully saturated rings. The first kappa shape index (κ1) is 18.7. The van der Waals surface area contributed by atoms with E-state index in [1.165, 1.54) is 38.3 Å². The second kappa shape index (κ2) is 11.2. The maximum Gasteiger partial charge on any atom is 0.240 e. The van der Waals surface area contributed by atoms with E-state index in [-0.39, 0.29) is 11.7 Å². The molecule has 0 aliphatic rings. The summed E-state index contributed by atoms with van der Waals surface area (Å²) < 4.78 is 0.848. The lowest BCUT2D eigenvalue weighted by Gasteiger charge is -2.02. The van der Waals surface area contributed by atoms with Crippen molar-refractivity contribution in [2.45, 2.75) is 58.3 Å². The van der Waals surface area contributed by atoms with E-state index in [9.17, 15) is 9.90 Å². The lowest BCUT2D eigenvalue weighted by Crippen LogP contribution is -2.16. The number of hydrogen-bond donors (Lipinski definition) is 2. The first-order chi connectivity index (χ1) is 10.6. The third-order valence-electron chi connectivity index (χ3n) is 3.39. The Morgan fingerprint density at radius 2 is 1.91 bits per heavy atom. The average molecular weight is 369 g/mol. The van der Waals surface area contributed by atoms with Gasteiger partial charge in [-0.3, -0.25) is 4.79 Å². The van der Waals surface area contributed by atoms with Crippen molar-refractivity contribution in [2.75, 3.05) is 0 Å². The smallest absolute Gasteiger partial charge is 0.240 e. The van der Waals surface area contributed by atoms with E-state index in [2.05, 4.69) is 33.4 Å². The molecular weight excluding hydrogens is 344 g/mol. The van der Waals surface area contributed by atoms with Crippen LogP contribution in [0.15, 0.2) is 27.8 Å². The van der Waals surface area contributed by atoms with Gasteiger partial charge in [0.25, 0.3) is 0 Å². The maximum absolute atomic E-state index is 11.6. The number of carbonyl (C=O) groups is 1. The van der Waals surface area contributed by atoms with E-state index in [0.717, 1.165) is 17.3 Å². The van der Waals surface area contributed by atoms with Gasteiger partial charge in [-0.2, -0.15) is 5.10 Å². The van der Waals surface area contributed by atoms with Gasteiger partial charge < -0.3 is 5.11 Å². The first-order valence-electron chi connectivity index (χ1n) is 7.94. The number of hydrazone groups is 1. The summed E-state index contributed by atoms with van der Waals surface area (Å²) in [7, 11) is 0. The number of benzene rings is 1. The predicted molar refractivity (Wildman–Crippen MR) is 94.2 cm³/mol. The number of halogens is 1. The number of rotatable bonds is 10. The Morgan fingerprint density at radius 3 is 2.64 bits per heavy atom. The summed E-state index contributed by atoms with van der Waals surface area (Å²) in [5.41, 5.74) is 3.05. The van der Waals surface area contributed by atoms with Crippen LogP contribution in [0.5, 0.6) is 5.75 Å². The van der Waals surface area contributed by atoms with Crippen LogP contribution in [0.2, 0.25) is 0 Å². The molecule has 2 N–H and O–H groups in total. The highest BCUT2D eigenvalue weighted by molar-refractivity contribution is 9.10. The van der Waals surface area contributed by atoms with Gasteiger partial charge in [-0.1, -0.05) is 61.4 Å². The van der Waals surface area contributed by atoms with Crippen molar-refractivity contribution in [1.29, 1.82) is 0 Å². The van der Waals surface area contributed by atoms with Crippen LogP contribution in [0, 0.1) is 0 Å². The van der Waals surface area contributed by atoms with Crippen LogP contribution < -0.4 is 5.43 Å². The molecule has 1 amide bonds. The molecule has 0 heterocycles. The Bertz CT molecular complexity index is 490. The average Bonchev–Trinajstić information content (AvgIpc) is 2.50. The number of phenols is 1. The van der Waals surface area contributed by atoms with Crippen LogP contribution in [0.3, 0.4) is 0 Å². The molecule has 0 atom stereocenters. The van der Waals surface area contributed by atoms with Crippen LogP contribution in [0.4, 0.5) is 0 Å². The summed E-state index contributed by atoms with van der Waals surface area (Å²) in [4.78, 5) is 11.6. The summed E-state index contributed by atoms with van der Waals surface area (Å²) in [6, 6.07) is 5.05. The Hall–Kier alpha value is -1.36. The van der Waals surface area contributed by atoms with E-state index in [0.29, 0.717) is 12.0 Å². The Kier molecular flexibility index (Phi) is 9.55. The number of aromatic hydroxyl groups is 1. The fraction of sp³-hybridized carbons (Fsp3) is 0.529. The second-order valence-corrected chi connectivity index (χ2v) is 6.28. The van der Waals surface area contributed by atoms with E-state index < -0.39 is 0 Å². The van der Waals surface area contributed by atoms with Gasteiger partial charge in [0.05, 0.1) is 6.21 Å². The van der Waals surface area contributed by atoms with Gasteiger partial charge in [0.2, 0.25) is 5.91 Å². The Balaban J connectivity index is 2.17. The molecule has 22 heavy (non-hydrogen) atoms. The SMILES string of the molecule is CCCCCCCCCC(=O)NN=Cc1cc(Br)ccc1O. The second-order valence-electron chi connectivity index (χ2n) is 5.37. The third kappa shape index (κ3) is 8.17. The van der Waals surface area contributed by atoms with Crippen molar-refractivity contribution in [3.63, 3.8) is 0 Å². The molecule has 0 bridgehead atoms. The topological polar surface area (TPSA) is 61.7 Å². The molecule has 4 nitrogen and oxygen atoms in total. The highest BCUT2D eigenvalue weighted by Crippen LogP contribution is 2.19. The number of carbonyl (C=O) groups excluding carboxylic acids is 1. The summed E-state index contributed by atoms with van der Waals surface area (Å²) in [6.07, 6.45) is 10.2. The number of amides is 1. The minimum Gasteiger partial charge on any atom is -0.507 e. The number of nitrogens with one attached hydrogen (secondary N) is 1. The molecule has 0 aromatic heterocycles. The minimum absolute atomic E-state index is 0.0840. The minimum atomic E-state index is -0.0840. The number of phenolic OH excluding ortho intramolecular Hbond substituents is 1. The van der Waals surface area contributed by atoms with Gasteiger partial charge >= 0.3 is 0 Å². The van der Waals surface area contributed by atoms with Crippen molar-refractivity contribution in [3.05, 3.63) is 28.2 Å². The molecule has 1 aromatic rings. The van der Waals surface area contributed by atoms with Crippen molar-refractivity contribution in [2.24, 2.45) is 5.10 Å². The quantitative estimate of drug-likeness (QED) is 0.355. The van der Waals surface area contributed by atoms with Crippen molar-refractivity contribution in [1.82, 2.24) is 5.43 Å². The highest BCUT2D eigenvalue weighted by Gasteiger charge is 2.01. The predicted octanol–water partition coefficient (Wildman–Crippen LogP) is 4.75. The molecule has 0 aliphatic heterocycles. The molecule has 0 aliphatic carbocycles. The Labute approximate surface area is 141 Å². The van der Waals surface area contributed by atoms with Gasteiger partial charge in [0, 0.05) is 16.5 Å². The van der Waals surface area contributed by atoms with E-state index in [4.69, 9.17) is 0 Å². The van der Waals surface area contributed by atoms with Gasteiger partial charge in [-0.15, -0.1) is 0 Å². The zero-order valence-corrected chi connectivity index (χ0v) is 14.7. The van der Waals surface area contributed by atoms with Gasteiger partial charge in [-0.25, -0.2) is 5.43 Å². The monoisotopic (exact) mass is 368 g/mol. The Morgan fingerprint density at radius 1 is 1.23 bits per heavy atom. The largest absolute Gasteiger partial charge is 0.507 e. The van der Waals surface area contributed by atoms with E-state index in [1.807, 2.05) is 0 Å². The summed E-state index contributed by atoms with van der Waals surface area (Å²) in [6.45, 7) is 2.21. The lowest BCUT2D eigenvalue weighted by molar-refractivity contribution is -0.121. The molecule has 0 unspecified atom stereocenters. The standard InChI is InChI=1S/C17H25BrN2O2/c1-2-3-4-5-6-7-8-9-17(22)20-19-13-14-12-15(18)10-11-16(14)21/h10-13,21H,2-9H2,1H3,(H,20,22). The van der Waals surface area contributed by atoms with E-state index >= 15 is 0 Å². The summed E-state index contributed by atoms with van der Waals surface area (Å²) in [5, 5.41) is 13.5. The maximum atomic E-state index is 11.6. The highest BCUT2D eigenvalue weighted by atomic mass is 79.9. The molecule has 0 saturated carbocycles. The van der Waals surface area contributed by atoms with Crippen molar-refractivity contribution >= 4 is 28.1 Å². The third-order valence-corrected chi connectivity index (χ3v) is 3.88. The van der Waals surface area contributed by atoms with Gasteiger partial charge in [0.15, 0.2) is 0 Å². The number of hydrogen-bond acceptors (Lipinski definition) is 3. The fourth-order valence-electron chi connectivity index (χ4n) is 2.10. The first-order valence-corrected chi connectivity index (χ1v) is 8.73. The summed E-state index contributed by atoms with van der Waals surface area (Å²) in [5.74, 6) is 0.0487. The molecule has 5 heteroatoms. The molecule has 0 radical (unpaired) electrons. The molecule has 0 spiro atoms. The molecule has 122 valence electrons. The van der Waals surface area contributed by atoms with Crippen LogP contribution in [0.25, 0.3) is 0 Å². The van der Waals surface area contributed by atoms with Gasteiger partial charge in [-0.05, 0) is 24.6 Å². The van der Waals surface area contributed by atoms with Crippen molar-refractivity contribution in [3.8, 4) is 5.75 Å². The zero-order valence-electron chi connectivity index (χ0n) is 13.1. The van der Waals surface area contributed by atoms with Crippen LogP contribution in [-0.2, 0) is 4.79 Å². The molecular formula is C17H25BrN2O2. The van der Waals surface area contributed by atoms with Gasteiger partial charge in [0.1, 0.15) is 5.75 Å². The molecule has 1 aromatic carbocycles. The van der Waals surface area contributed by atoms with Crippen LogP contribution in [-0.4, -0.2) is 17.2 Å². The van der Waals surface area contributed by atoms with Crippen molar-refractivity contribution < 1.29 is 9.90 Å². The molecule has 0 saturated heterocycles. The number of nitrogens with zero attached hydrogens (tertiary/aromatic N) is 1.